The summed E-state index contributed by atoms with van der Waals surface area (Å²) in [7, 11) is 0. The zero-order valence-corrected chi connectivity index (χ0v) is 14.2. The number of carbonyl (C=O) groups excluding carboxylic acids is 1. The van der Waals surface area contributed by atoms with Gasteiger partial charge in [-0.15, -0.1) is 0 Å². The Morgan fingerprint density at radius 3 is 2.26 bits per heavy atom. The second kappa shape index (κ2) is 12.0. The fraction of sp³-hybridized carbons (Fsp3) is 0.647. The van der Waals surface area contributed by atoms with Crippen LogP contribution in [0.4, 0.5) is 0 Å². The van der Waals surface area contributed by atoms with Crippen LogP contribution in [0, 0.1) is 5.92 Å². The van der Waals surface area contributed by atoms with Crippen molar-refractivity contribution in [3.05, 3.63) is 24.0 Å². The molecule has 0 atom stereocenters. The van der Waals surface area contributed by atoms with Crippen LogP contribution in [0.3, 0.4) is 0 Å². The predicted molar refractivity (Wildman–Crippen MR) is 87.0 cm³/mol. The van der Waals surface area contributed by atoms with Crippen molar-refractivity contribution >= 4 is 5.78 Å². The Labute approximate surface area is 138 Å². The summed E-state index contributed by atoms with van der Waals surface area (Å²) >= 11 is 0. The maximum absolute atomic E-state index is 11.9. The number of ether oxygens (including phenoxy) is 4. The maximum atomic E-state index is 11.9. The molecule has 23 heavy (non-hydrogen) atoms. The molecule has 0 bridgehead atoms. The van der Waals surface area contributed by atoms with Gasteiger partial charge < -0.3 is 18.9 Å². The molecule has 1 aromatic rings. The van der Waals surface area contributed by atoms with Crippen LogP contribution in [0.15, 0.2) is 18.3 Å². The molecular weight excluding hydrogens is 298 g/mol. The zero-order valence-electron chi connectivity index (χ0n) is 14.2. The Bertz CT molecular complexity index is 450. The van der Waals surface area contributed by atoms with Crippen LogP contribution in [-0.4, -0.2) is 57.0 Å². The third-order valence-corrected chi connectivity index (χ3v) is 2.95. The molecule has 0 aliphatic carbocycles. The molecule has 130 valence electrons. The molecule has 0 amide bonds. The highest BCUT2D eigenvalue weighted by Crippen LogP contribution is 2.13. The Kier molecular flexibility index (Phi) is 10.2. The summed E-state index contributed by atoms with van der Waals surface area (Å²) in [4.78, 5) is 15.9. The Hall–Kier alpha value is -1.50. The van der Waals surface area contributed by atoms with Gasteiger partial charge in [-0.25, -0.2) is 0 Å². The molecule has 1 aromatic heterocycles. The van der Waals surface area contributed by atoms with Gasteiger partial charge in [0, 0.05) is 24.8 Å². The van der Waals surface area contributed by atoms with Crippen molar-refractivity contribution in [1.29, 1.82) is 0 Å². The lowest BCUT2D eigenvalue weighted by molar-refractivity contribution is 0.0114. The van der Waals surface area contributed by atoms with Gasteiger partial charge in [-0.2, -0.15) is 0 Å². The minimum absolute atomic E-state index is 0.0101. The standard InChI is InChI=1S/C17H27NO5/c1-4-20-7-8-21-9-10-22-11-12-23-15-5-6-18-16(13-15)17(19)14(2)3/h5-6,13-14H,4,7-12H2,1-3H3. The molecule has 6 heteroatoms. The Morgan fingerprint density at radius 2 is 1.65 bits per heavy atom. The Morgan fingerprint density at radius 1 is 1.04 bits per heavy atom. The largest absolute Gasteiger partial charge is 0.491 e. The van der Waals surface area contributed by atoms with Crippen molar-refractivity contribution in [3.8, 4) is 5.75 Å². The van der Waals surface area contributed by atoms with E-state index in [-0.39, 0.29) is 11.7 Å². The number of ketones is 1. The van der Waals surface area contributed by atoms with Gasteiger partial charge in [0.25, 0.3) is 0 Å². The van der Waals surface area contributed by atoms with Crippen LogP contribution in [0.1, 0.15) is 31.3 Å². The number of nitrogens with zero attached hydrogens (tertiary/aromatic N) is 1. The van der Waals surface area contributed by atoms with E-state index in [1.54, 1.807) is 18.3 Å². The fourth-order valence-electron chi connectivity index (χ4n) is 1.73. The molecule has 1 rings (SSSR count). The van der Waals surface area contributed by atoms with Crippen molar-refractivity contribution in [1.82, 2.24) is 4.98 Å². The Balaban J connectivity index is 2.12. The monoisotopic (exact) mass is 325 g/mol. The van der Waals surface area contributed by atoms with E-state index in [2.05, 4.69) is 4.98 Å². The van der Waals surface area contributed by atoms with Gasteiger partial charge in [-0.1, -0.05) is 13.8 Å². The average Bonchev–Trinajstić information content (AvgIpc) is 2.56. The van der Waals surface area contributed by atoms with Gasteiger partial charge in [0.15, 0.2) is 5.78 Å². The van der Waals surface area contributed by atoms with Crippen molar-refractivity contribution in [2.45, 2.75) is 20.8 Å². The van der Waals surface area contributed by atoms with Crippen LogP contribution >= 0.6 is 0 Å². The van der Waals surface area contributed by atoms with Gasteiger partial charge in [-0.3, -0.25) is 9.78 Å². The zero-order chi connectivity index (χ0) is 16.9. The summed E-state index contributed by atoms with van der Waals surface area (Å²) in [6.07, 6.45) is 1.58. The van der Waals surface area contributed by atoms with Crippen LogP contribution < -0.4 is 4.74 Å². The molecule has 0 aliphatic heterocycles. The van der Waals surface area contributed by atoms with Gasteiger partial charge in [0.05, 0.1) is 33.0 Å². The first-order chi connectivity index (χ1) is 11.1. The number of aromatic nitrogens is 1. The number of hydrogen-bond donors (Lipinski definition) is 0. The SMILES string of the molecule is CCOCCOCCOCCOc1ccnc(C(=O)C(C)C)c1. The summed E-state index contributed by atoms with van der Waals surface area (Å²) in [5.41, 5.74) is 0.432. The van der Waals surface area contributed by atoms with E-state index in [4.69, 9.17) is 18.9 Å². The highest BCUT2D eigenvalue weighted by Gasteiger charge is 2.12. The van der Waals surface area contributed by atoms with Crippen LogP contribution in [0.5, 0.6) is 5.75 Å². The van der Waals surface area contributed by atoms with Gasteiger partial charge in [-0.05, 0) is 13.0 Å². The molecule has 0 saturated carbocycles. The molecule has 0 N–H and O–H groups in total. The summed E-state index contributed by atoms with van der Waals surface area (Å²) in [6.45, 7) is 9.48. The molecule has 0 fully saturated rings. The van der Waals surface area contributed by atoms with E-state index in [1.807, 2.05) is 20.8 Å². The fourth-order valence-corrected chi connectivity index (χ4v) is 1.73. The summed E-state index contributed by atoms with van der Waals surface area (Å²) in [5.74, 6) is 0.556. The number of pyridine rings is 1. The highest BCUT2D eigenvalue weighted by molar-refractivity contribution is 5.95. The predicted octanol–water partition coefficient (Wildman–Crippen LogP) is 2.37. The quantitative estimate of drug-likeness (QED) is 0.410. The second-order valence-corrected chi connectivity index (χ2v) is 5.17. The van der Waals surface area contributed by atoms with E-state index in [0.717, 1.165) is 0 Å². The molecule has 0 spiro atoms. The topological polar surface area (TPSA) is 66.9 Å². The molecule has 1 heterocycles. The summed E-state index contributed by atoms with van der Waals surface area (Å²) < 4.78 is 21.4. The molecule has 0 saturated heterocycles. The first-order valence-electron chi connectivity index (χ1n) is 8.01. The van der Waals surface area contributed by atoms with E-state index >= 15 is 0 Å². The van der Waals surface area contributed by atoms with E-state index in [1.165, 1.54) is 0 Å². The molecule has 0 radical (unpaired) electrons. The average molecular weight is 325 g/mol. The maximum Gasteiger partial charge on any atom is 0.183 e. The minimum Gasteiger partial charge on any atom is -0.491 e. The van der Waals surface area contributed by atoms with Crippen molar-refractivity contribution in [3.63, 3.8) is 0 Å². The normalized spacial score (nSPS) is 11.0. The van der Waals surface area contributed by atoms with Gasteiger partial charge >= 0.3 is 0 Å². The van der Waals surface area contributed by atoms with E-state index < -0.39 is 0 Å². The summed E-state index contributed by atoms with van der Waals surface area (Å²) in [5, 5.41) is 0. The van der Waals surface area contributed by atoms with Crippen molar-refractivity contribution in [2.75, 3.05) is 46.2 Å². The van der Waals surface area contributed by atoms with E-state index in [0.29, 0.717) is 57.7 Å². The van der Waals surface area contributed by atoms with Gasteiger partial charge in [0.1, 0.15) is 18.1 Å². The first-order valence-corrected chi connectivity index (χ1v) is 8.01. The lowest BCUT2D eigenvalue weighted by Crippen LogP contribution is -2.13. The van der Waals surface area contributed by atoms with Gasteiger partial charge in [0.2, 0.25) is 0 Å². The van der Waals surface area contributed by atoms with Crippen LogP contribution in [-0.2, 0) is 14.2 Å². The number of Topliss-reactive ketones (excluding diaryl/α,β-unsaturated/α-hetero) is 1. The number of rotatable bonds is 13. The second-order valence-electron chi connectivity index (χ2n) is 5.17. The summed E-state index contributed by atoms with van der Waals surface area (Å²) in [6, 6.07) is 3.40. The van der Waals surface area contributed by atoms with Crippen LogP contribution in [0.25, 0.3) is 0 Å². The lowest BCUT2D eigenvalue weighted by atomic mass is 10.1. The lowest BCUT2D eigenvalue weighted by Gasteiger charge is -2.09. The van der Waals surface area contributed by atoms with Crippen molar-refractivity contribution < 1.29 is 23.7 Å². The smallest absolute Gasteiger partial charge is 0.183 e. The highest BCUT2D eigenvalue weighted by atomic mass is 16.6. The molecule has 0 unspecified atom stereocenters. The van der Waals surface area contributed by atoms with Crippen LogP contribution in [0.2, 0.25) is 0 Å². The van der Waals surface area contributed by atoms with E-state index in [9.17, 15) is 4.79 Å². The number of carbonyl (C=O) groups is 1. The first kappa shape index (κ1) is 19.5. The molecule has 0 aromatic carbocycles. The molecule has 6 nitrogen and oxygen atoms in total. The third-order valence-electron chi connectivity index (χ3n) is 2.95. The minimum atomic E-state index is -0.0798. The molecular formula is C17H27NO5. The third kappa shape index (κ3) is 8.64. The molecule has 0 aliphatic rings. The number of hydrogen-bond acceptors (Lipinski definition) is 6. The van der Waals surface area contributed by atoms with Crippen molar-refractivity contribution in [2.24, 2.45) is 5.92 Å².